The number of halogens is 8. The molecule has 0 aromatic rings. The highest BCUT2D eigenvalue weighted by Gasteiger charge is 2.65. The second kappa shape index (κ2) is 4.46. The summed E-state index contributed by atoms with van der Waals surface area (Å²) in [6.07, 6.45) is -17.0. The van der Waals surface area contributed by atoms with Crippen LogP contribution in [0.25, 0.3) is 0 Å². The zero-order chi connectivity index (χ0) is 13.2. The van der Waals surface area contributed by atoms with Crippen molar-refractivity contribution in [3.05, 3.63) is 12.8 Å². The summed E-state index contributed by atoms with van der Waals surface area (Å²) in [5.41, 5.74) is 0. The minimum atomic E-state index is -6.12. The fraction of sp³-hybridized carbons (Fsp3) is 0.714. The molecule has 0 aromatic heterocycles. The third kappa shape index (κ3) is 3.86. The maximum absolute atomic E-state index is 12.5. The highest BCUT2D eigenvalue weighted by Crippen LogP contribution is 2.42. The standard InChI is InChI=1S/C7H6F8O/c1-2-16-4(3-5(8,9)10)6(11,12)7(13,14)15/h2,4H,1,3H2. The Balaban J connectivity index is 4.98. The molecular formula is C7H6F8O. The molecule has 0 heterocycles. The van der Waals surface area contributed by atoms with Crippen molar-refractivity contribution in [2.24, 2.45) is 0 Å². The summed E-state index contributed by atoms with van der Waals surface area (Å²) in [5, 5.41) is 0. The zero-order valence-electron chi connectivity index (χ0n) is 7.50. The van der Waals surface area contributed by atoms with Gasteiger partial charge in [-0.25, -0.2) is 0 Å². The van der Waals surface area contributed by atoms with E-state index in [9.17, 15) is 35.1 Å². The Hall–Kier alpha value is -1.02. The molecule has 0 aliphatic carbocycles. The van der Waals surface area contributed by atoms with Gasteiger partial charge in [-0.05, 0) is 0 Å². The summed E-state index contributed by atoms with van der Waals surface area (Å²) in [5.74, 6) is -5.60. The van der Waals surface area contributed by atoms with Gasteiger partial charge in [0.2, 0.25) is 0 Å². The van der Waals surface area contributed by atoms with Crippen LogP contribution in [-0.4, -0.2) is 24.4 Å². The SMILES string of the molecule is C=COC(CC(F)(F)F)C(F)(F)C(F)(F)F. The molecule has 1 nitrogen and oxygen atoms in total. The molecule has 0 amide bonds. The predicted molar refractivity (Wildman–Crippen MR) is 36.7 cm³/mol. The lowest BCUT2D eigenvalue weighted by molar-refractivity contribution is -0.323. The molecule has 1 unspecified atom stereocenters. The van der Waals surface area contributed by atoms with Gasteiger partial charge in [-0.3, -0.25) is 0 Å². The van der Waals surface area contributed by atoms with Crippen LogP contribution in [0.1, 0.15) is 6.42 Å². The molecule has 0 N–H and O–H groups in total. The normalized spacial score (nSPS) is 15.8. The number of hydrogen-bond donors (Lipinski definition) is 0. The third-order valence-electron chi connectivity index (χ3n) is 1.46. The number of hydrogen-bond acceptors (Lipinski definition) is 1. The van der Waals surface area contributed by atoms with Crippen LogP contribution in [0, 0.1) is 0 Å². The van der Waals surface area contributed by atoms with Gasteiger partial charge in [-0.15, -0.1) is 0 Å². The minimum Gasteiger partial charge on any atom is -0.492 e. The molecule has 0 fully saturated rings. The predicted octanol–water partition coefficient (Wildman–Crippen LogP) is 3.67. The van der Waals surface area contributed by atoms with Crippen molar-refractivity contribution < 1.29 is 39.9 Å². The van der Waals surface area contributed by atoms with Crippen molar-refractivity contribution in [3.63, 3.8) is 0 Å². The van der Waals surface area contributed by atoms with Gasteiger partial charge in [-0.1, -0.05) is 6.58 Å². The third-order valence-corrected chi connectivity index (χ3v) is 1.46. The molecule has 0 aliphatic rings. The maximum Gasteiger partial charge on any atom is 0.457 e. The summed E-state index contributed by atoms with van der Waals surface area (Å²) in [6, 6.07) is 0. The summed E-state index contributed by atoms with van der Waals surface area (Å²) in [4.78, 5) is 0. The fourth-order valence-corrected chi connectivity index (χ4v) is 0.771. The topological polar surface area (TPSA) is 9.23 Å². The quantitative estimate of drug-likeness (QED) is 0.552. The first-order valence-electron chi connectivity index (χ1n) is 3.69. The van der Waals surface area contributed by atoms with Gasteiger partial charge in [0.15, 0.2) is 6.10 Å². The molecule has 0 bridgehead atoms. The lowest BCUT2D eigenvalue weighted by Crippen LogP contribution is -2.49. The van der Waals surface area contributed by atoms with E-state index in [0.29, 0.717) is 0 Å². The molecule has 0 rings (SSSR count). The Morgan fingerprint density at radius 3 is 1.69 bits per heavy atom. The Morgan fingerprint density at radius 2 is 1.44 bits per heavy atom. The Kier molecular flexibility index (Phi) is 4.18. The molecule has 0 aliphatic heterocycles. The minimum absolute atomic E-state index is 0.107. The van der Waals surface area contributed by atoms with Crippen LogP contribution in [0.4, 0.5) is 35.1 Å². The number of ether oxygens (including phenoxy) is 1. The lowest BCUT2D eigenvalue weighted by Gasteiger charge is -2.28. The molecule has 0 aromatic carbocycles. The van der Waals surface area contributed by atoms with Crippen molar-refractivity contribution in [2.45, 2.75) is 30.8 Å². The van der Waals surface area contributed by atoms with Gasteiger partial charge in [0.25, 0.3) is 0 Å². The smallest absolute Gasteiger partial charge is 0.457 e. The van der Waals surface area contributed by atoms with Crippen LogP contribution in [0.2, 0.25) is 0 Å². The van der Waals surface area contributed by atoms with E-state index >= 15 is 0 Å². The molecule has 16 heavy (non-hydrogen) atoms. The average Bonchev–Trinajstić information content (AvgIpc) is 1.98. The molecule has 1 atom stereocenters. The molecule has 0 radical (unpaired) electrons. The van der Waals surface area contributed by atoms with Gasteiger partial charge >= 0.3 is 18.3 Å². The van der Waals surface area contributed by atoms with Crippen LogP contribution in [0.3, 0.4) is 0 Å². The van der Waals surface area contributed by atoms with E-state index in [1.165, 1.54) is 0 Å². The number of alkyl halides is 8. The van der Waals surface area contributed by atoms with Crippen molar-refractivity contribution in [2.75, 3.05) is 0 Å². The van der Waals surface area contributed by atoms with Gasteiger partial charge in [0.1, 0.15) is 0 Å². The van der Waals surface area contributed by atoms with Crippen molar-refractivity contribution in [3.8, 4) is 0 Å². The first kappa shape index (κ1) is 15.0. The summed E-state index contributed by atoms with van der Waals surface area (Å²) in [7, 11) is 0. The van der Waals surface area contributed by atoms with E-state index in [-0.39, 0.29) is 6.26 Å². The van der Waals surface area contributed by atoms with Crippen LogP contribution in [-0.2, 0) is 4.74 Å². The van der Waals surface area contributed by atoms with E-state index < -0.39 is 30.8 Å². The summed E-state index contributed by atoms with van der Waals surface area (Å²) in [6.45, 7) is 2.64. The molecular weight excluding hydrogens is 252 g/mol. The van der Waals surface area contributed by atoms with Gasteiger partial charge in [-0.2, -0.15) is 35.1 Å². The summed E-state index contributed by atoms with van der Waals surface area (Å²) >= 11 is 0. The van der Waals surface area contributed by atoms with E-state index in [4.69, 9.17) is 0 Å². The first-order chi connectivity index (χ1) is 6.92. The van der Waals surface area contributed by atoms with E-state index in [2.05, 4.69) is 11.3 Å². The van der Waals surface area contributed by atoms with Crippen molar-refractivity contribution >= 4 is 0 Å². The lowest BCUT2D eigenvalue weighted by atomic mass is 10.1. The van der Waals surface area contributed by atoms with Crippen molar-refractivity contribution in [1.82, 2.24) is 0 Å². The van der Waals surface area contributed by atoms with Crippen molar-refractivity contribution in [1.29, 1.82) is 0 Å². The van der Waals surface area contributed by atoms with E-state index in [1.807, 2.05) is 0 Å². The number of rotatable bonds is 4. The van der Waals surface area contributed by atoms with Crippen LogP contribution >= 0.6 is 0 Å². The Labute approximate surface area is 84.7 Å². The van der Waals surface area contributed by atoms with E-state index in [0.717, 1.165) is 0 Å². The second-order valence-electron chi connectivity index (χ2n) is 2.73. The zero-order valence-corrected chi connectivity index (χ0v) is 7.50. The first-order valence-corrected chi connectivity index (χ1v) is 3.69. The largest absolute Gasteiger partial charge is 0.492 e. The fourth-order valence-electron chi connectivity index (χ4n) is 0.771. The molecule has 0 spiro atoms. The average molecular weight is 258 g/mol. The molecule has 9 heteroatoms. The van der Waals surface area contributed by atoms with Gasteiger partial charge in [0, 0.05) is 0 Å². The highest BCUT2D eigenvalue weighted by molar-refractivity contribution is 4.88. The van der Waals surface area contributed by atoms with Gasteiger partial charge in [0.05, 0.1) is 12.7 Å². The Morgan fingerprint density at radius 1 is 1.00 bits per heavy atom. The van der Waals surface area contributed by atoms with Crippen LogP contribution in [0.15, 0.2) is 12.8 Å². The second-order valence-corrected chi connectivity index (χ2v) is 2.73. The van der Waals surface area contributed by atoms with E-state index in [1.54, 1.807) is 0 Å². The molecule has 96 valence electrons. The monoisotopic (exact) mass is 258 g/mol. The molecule has 0 saturated carbocycles. The molecule has 0 saturated heterocycles. The Bertz CT molecular complexity index is 240. The van der Waals surface area contributed by atoms with Crippen LogP contribution < -0.4 is 0 Å². The van der Waals surface area contributed by atoms with Gasteiger partial charge < -0.3 is 4.74 Å². The highest BCUT2D eigenvalue weighted by atomic mass is 19.4. The summed E-state index contributed by atoms with van der Waals surface area (Å²) < 4.78 is 99.1. The van der Waals surface area contributed by atoms with Crippen LogP contribution in [0.5, 0.6) is 0 Å². The maximum atomic E-state index is 12.5.